The number of rotatable bonds is 4. The summed E-state index contributed by atoms with van der Waals surface area (Å²) >= 11 is 9.46. The molecule has 1 aromatic rings. The van der Waals surface area contributed by atoms with Gasteiger partial charge in [0.15, 0.2) is 0 Å². The Hall–Kier alpha value is -1.11. The van der Waals surface area contributed by atoms with E-state index in [9.17, 15) is 9.59 Å². The topological polar surface area (TPSA) is 75.4 Å². The summed E-state index contributed by atoms with van der Waals surface area (Å²) in [6.07, 6.45) is 1.59. The van der Waals surface area contributed by atoms with E-state index in [2.05, 4.69) is 21.2 Å². The molecular formula is C15H19BrClN3O2. The van der Waals surface area contributed by atoms with Crippen LogP contribution in [0.2, 0.25) is 5.02 Å². The second-order valence-corrected chi connectivity index (χ2v) is 6.62. The highest BCUT2D eigenvalue weighted by molar-refractivity contribution is 9.10. The minimum Gasteiger partial charge on any atom is -0.355 e. The van der Waals surface area contributed by atoms with Gasteiger partial charge >= 0.3 is 0 Å². The van der Waals surface area contributed by atoms with Gasteiger partial charge in [-0.1, -0.05) is 27.5 Å². The lowest BCUT2D eigenvalue weighted by Crippen LogP contribution is -2.46. The zero-order chi connectivity index (χ0) is 16.1. The van der Waals surface area contributed by atoms with Crippen molar-refractivity contribution in [1.82, 2.24) is 10.2 Å². The highest BCUT2D eigenvalue weighted by Gasteiger charge is 2.29. The molecule has 1 aromatic carbocycles. The smallest absolute Gasteiger partial charge is 0.255 e. The number of nitrogens with two attached hydrogens (primary N) is 1. The molecule has 2 amide bonds. The SMILES string of the molecule is NCCNC(=O)C1CCCN(C(=O)c2ccc(Br)cc2Cl)C1. The van der Waals surface area contributed by atoms with Gasteiger partial charge < -0.3 is 16.0 Å². The van der Waals surface area contributed by atoms with Gasteiger partial charge in [0.05, 0.1) is 16.5 Å². The molecule has 0 aromatic heterocycles. The average molecular weight is 389 g/mol. The molecule has 5 nitrogen and oxygen atoms in total. The number of nitrogens with one attached hydrogen (secondary N) is 1. The predicted molar refractivity (Wildman–Crippen MR) is 89.8 cm³/mol. The summed E-state index contributed by atoms with van der Waals surface area (Å²) < 4.78 is 0.826. The van der Waals surface area contributed by atoms with Crippen molar-refractivity contribution in [2.45, 2.75) is 12.8 Å². The average Bonchev–Trinajstić information content (AvgIpc) is 2.52. The Bertz CT molecular complexity index is 568. The van der Waals surface area contributed by atoms with Crippen molar-refractivity contribution in [2.24, 2.45) is 11.7 Å². The van der Waals surface area contributed by atoms with Crippen LogP contribution in [0.3, 0.4) is 0 Å². The fourth-order valence-electron chi connectivity index (χ4n) is 2.55. The molecule has 0 bridgehead atoms. The summed E-state index contributed by atoms with van der Waals surface area (Å²) in [6.45, 7) is 1.94. The van der Waals surface area contributed by atoms with Gasteiger partial charge in [-0.05, 0) is 31.0 Å². The van der Waals surface area contributed by atoms with Gasteiger partial charge in [-0.2, -0.15) is 0 Å². The molecule has 1 heterocycles. The van der Waals surface area contributed by atoms with Gasteiger partial charge in [-0.15, -0.1) is 0 Å². The van der Waals surface area contributed by atoms with Crippen molar-refractivity contribution < 1.29 is 9.59 Å². The largest absolute Gasteiger partial charge is 0.355 e. The number of benzene rings is 1. The number of hydrogen-bond donors (Lipinski definition) is 2. The van der Waals surface area contributed by atoms with E-state index in [1.54, 1.807) is 23.1 Å². The Morgan fingerprint density at radius 2 is 2.23 bits per heavy atom. The van der Waals surface area contributed by atoms with Gasteiger partial charge in [0.2, 0.25) is 5.91 Å². The van der Waals surface area contributed by atoms with Crippen LogP contribution in [0.5, 0.6) is 0 Å². The van der Waals surface area contributed by atoms with E-state index >= 15 is 0 Å². The van der Waals surface area contributed by atoms with Crippen molar-refractivity contribution >= 4 is 39.3 Å². The molecule has 1 unspecified atom stereocenters. The van der Waals surface area contributed by atoms with Crippen LogP contribution in [0.15, 0.2) is 22.7 Å². The monoisotopic (exact) mass is 387 g/mol. The Balaban J connectivity index is 2.05. The third-order valence-electron chi connectivity index (χ3n) is 3.68. The summed E-state index contributed by atoms with van der Waals surface area (Å²) in [7, 11) is 0. The predicted octanol–water partition coefficient (Wildman–Crippen LogP) is 2.03. The molecule has 2 rings (SSSR count). The summed E-state index contributed by atoms with van der Waals surface area (Å²) in [4.78, 5) is 26.3. The molecule has 1 fully saturated rings. The lowest BCUT2D eigenvalue weighted by molar-refractivity contribution is -0.126. The first-order valence-electron chi connectivity index (χ1n) is 7.25. The Kier molecular flexibility index (Phi) is 6.23. The Morgan fingerprint density at radius 3 is 2.91 bits per heavy atom. The number of carbonyl (C=O) groups is 2. The molecule has 3 N–H and O–H groups in total. The van der Waals surface area contributed by atoms with Crippen LogP contribution in [0.1, 0.15) is 23.2 Å². The Labute approximate surface area is 143 Å². The maximum absolute atomic E-state index is 12.6. The molecule has 1 aliphatic rings. The number of nitrogens with zero attached hydrogens (tertiary/aromatic N) is 1. The number of likely N-dealkylation sites (tertiary alicyclic amines) is 1. The molecule has 1 aliphatic heterocycles. The van der Waals surface area contributed by atoms with Crippen molar-refractivity contribution in [3.8, 4) is 0 Å². The molecule has 1 saturated heterocycles. The van der Waals surface area contributed by atoms with Crippen LogP contribution in [-0.2, 0) is 4.79 Å². The highest BCUT2D eigenvalue weighted by atomic mass is 79.9. The maximum atomic E-state index is 12.6. The first-order valence-corrected chi connectivity index (χ1v) is 8.42. The van der Waals surface area contributed by atoms with Crippen molar-refractivity contribution in [3.63, 3.8) is 0 Å². The standard InChI is InChI=1S/C15H19BrClN3O2/c16-11-3-4-12(13(17)8-11)15(22)20-7-1-2-10(9-20)14(21)19-6-5-18/h3-4,8,10H,1-2,5-7,9,18H2,(H,19,21). The molecule has 0 saturated carbocycles. The highest BCUT2D eigenvalue weighted by Crippen LogP contribution is 2.25. The van der Waals surface area contributed by atoms with E-state index < -0.39 is 0 Å². The minimum atomic E-state index is -0.182. The number of piperidine rings is 1. The van der Waals surface area contributed by atoms with Crippen molar-refractivity contribution in [3.05, 3.63) is 33.3 Å². The lowest BCUT2D eigenvalue weighted by Gasteiger charge is -2.32. The van der Waals surface area contributed by atoms with Crippen LogP contribution in [0.25, 0.3) is 0 Å². The zero-order valence-electron chi connectivity index (χ0n) is 12.1. The number of hydrogen-bond acceptors (Lipinski definition) is 3. The van der Waals surface area contributed by atoms with E-state index in [0.717, 1.165) is 17.3 Å². The van der Waals surface area contributed by atoms with E-state index in [0.29, 0.717) is 36.8 Å². The minimum absolute atomic E-state index is 0.0372. The van der Waals surface area contributed by atoms with Crippen LogP contribution in [0, 0.1) is 5.92 Å². The molecule has 120 valence electrons. The second kappa shape index (κ2) is 7.94. The molecule has 0 aliphatic carbocycles. The third kappa shape index (κ3) is 4.21. The van der Waals surface area contributed by atoms with E-state index in [4.69, 9.17) is 17.3 Å². The molecule has 0 spiro atoms. The van der Waals surface area contributed by atoms with E-state index in [-0.39, 0.29) is 17.7 Å². The van der Waals surface area contributed by atoms with Crippen LogP contribution >= 0.6 is 27.5 Å². The van der Waals surface area contributed by atoms with Crippen LogP contribution < -0.4 is 11.1 Å². The van der Waals surface area contributed by atoms with Gasteiger partial charge in [-0.3, -0.25) is 9.59 Å². The van der Waals surface area contributed by atoms with Crippen molar-refractivity contribution in [2.75, 3.05) is 26.2 Å². The zero-order valence-corrected chi connectivity index (χ0v) is 14.5. The van der Waals surface area contributed by atoms with Gasteiger partial charge in [0, 0.05) is 30.7 Å². The third-order valence-corrected chi connectivity index (χ3v) is 4.49. The first-order chi connectivity index (χ1) is 10.5. The molecular weight excluding hydrogens is 370 g/mol. The van der Waals surface area contributed by atoms with Crippen LogP contribution in [-0.4, -0.2) is 42.9 Å². The van der Waals surface area contributed by atoms with Gasteiger partial charge in [0.1, 0.15) is 0 Å². The molecule has 0 radical (unpaired) electrons. The summed E-state index contributed by atoms with van der Waals surface area (Å²) in [6, 6.07) is 5.19. The van der Waals surface area contributed by atoms with Gasteiger partial charge in [0.25, 0.3) is 5.91 Å². The summed E-state index contributed by atoms with van der Waals surface area (Å²) in [5.74, 6) is -0.350. The summed E-state index contributed by atoms with van der Waals surface area (Å²) in [5, 5.41) is 3.20. The second-order valence-electron chi connectivity index (χ2n) is 5.29. The number of halogens is 2. The normalized spacial score (nSPS) is 18.1. The quantitative estimate of drug-likeness (QED) is 0.829. The van der Waals surface area contributed by atoms with Crippen LogP contribution in [0.4, 0.5) is 0 Å². The number of carbonyl (C=O) groups excluding carboxylic acids is 2. The summed E-state index contributed by atoms with van der Waals surface area (Å²) in [5.41, 5.74) is 5.85. The molecule has 7 heteroatoms. The van der Waals surface area contributed by atoms with E-state index in [1.807, 2.05) is 0 Å². The van der Waals surface area contributed by atoms with Gasteiger partial charge in [-0.25, -0.2) is 0 Å². The fraction of sp³-hybridized carbons (Fsp3) is 0.467. The fourth-order valence-corrected chi connectivity index (χ4v) is 3.30. The number of amides is 2. The maximum Gasteiger partial charge on any atom is 0.255 e. The first kappa shape index (κ1) is 17.2. The molecule has 1 atom stereocenters. The molecule has 22 heavy (non-hydrogen) atoms. The van der Waals surface area contributed by atoms with E-state index in [1.165, 1.54) is 0 Å². The van der Waals surface area contributed by atoms with Crippen molar-refractivity contribution in [1.29, 1.82) is 0 Å². The lowest BCUT2D eigenvalue weighted by atomic mass is 9.96. The Morgan fingerprint density at radius 1 is 1.45 bits per heavy atom.